The van der Waals surface area contributed by atoms with Crippen molar-refractivity contribution in [2.75, 3.05) is 20.7 Å². The molecule has 0 bridgehead atoms. The van der Waals surface area contributed by atoms with Gasteiger partial charge in [0, 0.05) is 25.4 Å². The molecule has 0 saturated heterocycles. The Morgan fingerprint density at radius 1 is 1.48 bits per heavy atom. The molecule has 0 amide bonds. The zero-order valence-corrected chi connectivity index (χ0v) is 12.5. The molecule has 2 heterocycles. The Kier molecular flexibility index (Phi) is 4.70. The van der Waals surface area contributed by atoms with E-state index in [2.05, 4.69) is 9.72 Å². The Hall–Kier alpha value is -2.21. The van der Waals surface area contributed by atoms with E-state index < -0.39 is 0 Å². The first kappa shape index (κ1) is 15.2. The number of methoxy groups -OCH3 is 1. The van der Waals surface area contributed by atoms with Crippen LogP contribution in [0.1, 0.15) is 17.7 Å². The standard InChI is InChI=1S/C15H19N3O3/c1-11-5-4-7-18-13(19)9-12(16-15(11)18)10-17(2)8-6-14(20)21-3/h4-5,7,9H,6,8,10H2,1-3H3. The molecule has 0 aliphatic carbocycles. The van der Waals surface area contributed by atoms with Crippen LogP contribution in [-0.2, 0) is 16.1 Å². The molecule has 112 valence electrons. The molecule has 6 heteroatoms. The second-order valence-electron chi connectivity index (χ2n) is 5.03. The van der Waals surface area contributed by atoms with Gasteiger partial charge in [0.25, 0.3) is 5.56 Å². The lowest BCUT2D eigenvalue weighted by Crippen LogP contribution is -2.24. The number of aryl methyl sites for hydroxylation is 1. The second-order valence-corrected chi connectivity index (χ2v) is 5.03. The number of aromatic nitrogens is 2. The molecule has 0 saturated carbocycles. The molecule has 6 nitrogen and oxygen atoms in total. The Balaban J connectivity index is 2.17. The number of carbonyl (C=O) groups excluding carboxylic acids is 1. The minimum Gasteiger partial charge on any atom is -0.469 e. The largest absolute Gasteiger partial charge is 0.469 e. The van der Waals surface area contributed by atoms with Crippen LogP contribution in [0.5, 0.6) is 0 Å². The van der Waals surface area contributed by atoms with Gasteiger partial charge in [-0.15, -0.1) is 0 Å². The monoisotopic (exact) mass is 289 g/mol. The summed E-state index contributed by atoms with van der Waals surface area (Å²) >= 11 is 0. The van der Waals surface area contributed by atoms with Crippen molar-refractivity contribution in [3.8, 4) is 0 Å². The summed E-state index contributed by atoms with van der Waals surface area (Å²) in [6, 6.07) is 5.28. The van der Waals surface area contributed by atoms with Gasteiger partial charge in [-0.25, -0.2) is 4.98 Å². The maximum absolute atomic E-state index is 12.1. The molecule has 0 atom stereocenters. The molecule has 0 N–H and O–H groups in total. The van der Waals surface area contributed by atoms with Gasteiger partial charge in [0.05, 0.1) is 19.2 Å². The Bertz CT molecular complexity index is 709. The van der Waals surface area contributed by atoms with E-state index >= 15 is 0 Å². The second kappa shape index (κ2) is 6.49. The number of hydrogen-bond acceptors (Lipinski definition) is 5. The fourth-order valence-corrected chi connectivity index (χ4v) is 2.13. The van der Waals surface area contributed by atoms with Crippen molar-refractivity contribution >= 4 is 11.6 Å². The highest BCUT2D eigenvalue weighted by Gasteiger charge is 2.08. The van der Waals surface area contributed by atoms with Gasteiger partial charge in [-0.1, -0.05) is 6.07 Å². The van der Waals surface area contributed by atoms with Crippen molar-refractivity contribution in [3.05, 3.63) is 46.0 Å². The average molecular weight is 289 g/mol. The van der Waals surface area contributed by atoms with Crippen LogP contribution in [0.15, 0.2) is 29.2 Å². The van der Waals surface area contributed by atoms with Crippen molar-refractivity contribution in [1.29, 1.82) is 0 Å². The van der Waals surface area contributed by atoms with Gasteiger partial charge in [0.15, 0.2) is 0 Å². The van der Waals surface area contributed by atoms with E-state index in [-0.39, 0.29) is 11.5 Å². The molecule has 0 unspecified atom stereocenters. The van der Waals surface area contributed by atoms with Crippen LogP contribution in [0.3, 0.4) is 0 Å². The van der Waals surface area contributed by atoms with Gasteiger partial charge >= 0.3 is 5.97 Å². The summed E-state index contributed by atoms with van der Waals surface area (Å²) in [5.41, 5.74) is 2.22. The highest BCUT2D eigenvalue weighted by molar-refractivity contribution is 5.69. The minimum absolute atomic E-state index is 0.0972. The van der Waals surface area contributed by atoms with Crippen LogP contribution < -0.4 is 5.56 Å². The number of ether oxygens (including phenoxy) is 1. The highest BCUT2D eigenvalue weighted by atomic mass is 16.5. The molecular formula is C15H19N3O3. The van der Waals surface area contributed by atoms with E-state index in [0.717, 1.165) is 5.56 Å². The van der Waals surface area contributed by atoms with Crippen LogP contribution in [0.25, 0.3) is 5.65 Å². The van der Waals surface area contributed by atoms with Crippen LogP contribution in [0.4, 0.5) is 0 Å². The quantitative estimate of drug-likeness (QED) is 0.768. The lowest BCUT2D eigenvalue weighted by atomic mass is 10.2. The van der Waals surface area contributed by atoms with E-state index in [1.54, 1.807) is 6.20 Å². The van der Waals surface area contributed by atoms with Gasteiger partial charge in [-0.2, -0.15) is 0 Å². The third-order valence-electron chi connectivity index (χ3n) is 3.30. The minimum atomic E-state index is -0.246. The number of pyridine rings is 1. The summed E-state index contributed by atoms with van der Waals surface area (Å²) in [5, 5.41) is 0. The van der Waals surface area contributed by atoms with Crippen molar-refractivity contribution in [1.82, 2.24) is 14.3 Å². The number of fused-ring (bicyclic) bond motifs is 1. The van der Waals surface area contributed by atoms with Crippen molar-refractivity contribution in [2.24, 2.45) is 0 Å². The van der Waals surface area contributed by atoms with Gasteiger partial charge in [0.2, 0.25) is 0 Å². The summed E-state index contributed by atoms with van der Waals surface area (Å²) in [5.74, 6) is -0.246. The summed E-state index contributed by atoms with van der Waals surface area (Å²) in [4.78, 5) is 29.7. The van der Waals surface area contributed by atoms with Gasteiger partial charge in [-0.3, -0.25) is 18.9 Å². The molecule has 0 spiro atoms. The van der Waals surface area contributed by atoms with Crippen molar-refractivity contribution in [2.45, 2.75) is 19.9 Å². The number of hydrogen-bond donors (Lipinski definition) is 0. The lowest BCUT2D eigenvalue weighted by molar-refractivity contribution is -0.140. The van der Waals surface area contributed by atoms with E-state index in [1.807, 2.05) is 31.0 Å². The summed E-state index contributed by atoms with van der Waals surface area (Å²) < 4.78 is 6.14. The fourth-order valence-electron chi connectivity index (χ4n) is 2.13. The van der Waals surface area contributed by atoms with Crippen LogP contribution in [0, 0.1) is 6.92 Å². The summed E-state index contributed by atoms with van der Waals surface area (Å²) in [6.07, 6.45) is 2.03. The molecular weight excluding hydrogens is 270 g/mol. The van der Waals surface area contributed by atoms with Crippen LogP contribution >= 0.6 is 0 Å². The molecule has 0 aliphatic heterocycles. The maximum atomic E-state index is 12.1. The maximum Gasteiger partial charge on any atom is 0.306 e. The first-order valence-corrected chi connectivity index (χ1v) is 6.74. The average Bonchev–Trinajstić information content (AvgIpc) is 2.46. The van der Waals surface area contributed by atoms with Crippen molar-refractivity contribution < 1.29 is 9.53 Å². The van der Waals surface area contributed by atoms with E-state index in [0.29, 0.717) is 30.9 Å². The number of carbonyl (C=O) groups is 1. The first-order valence-electron chi connectivity index (χ1n) is 6.74. The third-order valence-corrected chi connectivity index (χ3v) is 3.30. The topological polar surface area (TPSA) is 63.9 Å². The third kappa shape index (κ3) is 3.66. The SMILES string of the molecule is COC(=O)CCN(C)Cc1cc(=O)n2cccc(C)c2n1. The van der Waals surface area contributed by atoms with E-state index in [1.165, 1.54) is 17.6 Å². The Labute approximate surface area is 123 Å². The summed E-state index contributed by atoms with van der Waals surface area (Å²) in [6.45, 7) is 2.99. The number of rotatable bonds is 5. The van der Waals surface area contributed by atoms with Gasteiger partial charge < -0.3 is 4.74 Å². The molecule has 2 rings (SSSR count). The number of nitrogens with zero attached hydrogens (tertiary/aromatic N) is 3. The molecule has 2 aromatic heterocycles. The molecule has 0 aromatic carbocycles. The zero-order valence-electron chi connectivity index (χ0n) is 12.5. The van der Waals surface area contributed by atoms with Crippen LogP contribution in [0.2, 0.25) is 0 Å². The normalized spacial score (nSPS) is 11.0. The van der Waals surface area contributed by atoms with Crippen LogP contribution in [-0.4, -0.2) is 41.0 Å². The summed E-state index contributed by atoms with van der Waals surface area (Å²) in [7, 11) is 3.25. The predicted octanol–water partition coefficient (Wildman–Crippen LogP) is 0.998. The molecule has 2 aromatic rings. The molecule has 21 heavy (non-hydrogen) atoms. The molecule has 0 radical (unpaired) electrons. The van der Waals surface area contributed by atoms with E-state index in [4.69, 9.17) is 0 Å². The Morgan fingerprint density at radius 2 is 2.24 bits per heavy atom. The number of esters is 1. The predicted molar refractivity (Wildman–Crippen MR) is 79.2 cm³/mol. The highest BCUT2D eigenvalue weighted by Crippen LogP contribution is 2.07. The molecule has 0 fully saturated rings. The zero-order chi connectivity index (χ0) is 15.4. The first-order chi connectivity index (χ1) is 10.0. The van der Waals surface area contributed by atoms with Gasteiger partial charge in [0.1, 0.15) is 5.65 Å². The van der Waals surface area contributed by atoms with E-state index in [9.17, 15) is 9.59 Å². The fraction of sp³-hybridized carbons (Fsp3) is 0.400. The Morgan fingerprint density at radius 3 is 2.95 bits per heavy atom. The smallest absolute Gasteiger partial charge is 0.306 e. The van der Waals surface area contributed by atoms with Crippen molar-refractivity contribution in [3.63, 3.8) is 0 Å². The molecule has 0 aliphatic rings. The van der Waals surface area contributed by atoms with Gasteiger partial charge in [-0.05, 0) is 25.6 Å². The lowest BCUT2D eigenvalue weighted by Gasteiger charge is -2.15.